The van der Waals surface area contributed by atoms with E-state index in [2.05, 4.69) is 24.4 Å². The molecule has 23 heavy (non-hydrogen) atoms. The fraction of sp³-hybridized carbons (Fsp3) is 0.316. The van der Waals surface area contributed by atoms with E-state index in [0.717, 1.165) is 19.4 Å². The van der Waals surface area contributed by atoms with Gasteiger partial charge in [0.05, 0.1) is 18.8 Å². The number of hydrogen-bond acceptors (Lipinski definition) is 2. The van der Waals surface area contributed by atoms with E-state index >= 15 is 0 Å². The van der Waals surface area contributed by atoms with Crippen molar-refractivity contribution in [2.75, 3.05) is 19.0 Å². The zero-order chi connectivity index (χ0) is 16.2. The monoisotopic (exact) mass is 310 g/mol. The van der Waals surface area contributed by atoms with Crippen molar-refractivity contribution in [2.24, 2.45) is 0 Å². The lowest BCUT2D eigenvalue weighted by Gasteiger charge is -2.26. The van der Waals surface area contributed by atoms with Crippen LogP contribution < -0.4 is 10.1 Å². The fourth-order valence-electron chi connectivity index (χ4n) is 3.23. The van der Waals surface area contributed by atoms with E-state index in [-0.39, 0.29) is 12.1 Å². The van der Waals surface area contributed by atoms with Crippen molar-refractivity contribution in [1.82, 2.24) is 4.90 Å². The minimum absolute atomic E-state index is 0.0692. The molecule has 0 spiro atoms. The summed E-state index contributed by atoms with van der Waals surface area (Å²) in [6, 6.07) is 15.9. The second-order valence-electron chi connectivity index (χ2n) is 5.84. The van der Waals surface area contributed by atoms with Crippen LogP contribution in [0.5, 0.6) is 5.75 Å². The van der Waals surface area contributed by atoms with Gasteiger partial charge in [0.25, 0.3) is 0 Å². The van der Waals surface area contributed by atoms with E-state index in [1.807, 2.05) is 41.3 Å². The van der Waals surface area contributed by atoms with Crippen LogP contribution in [0, 0.1) is 6.92 Å². The first-order valence-corrected chi connectivity index (χ1v) is 7.97. The fourth-order valence-corrected chi connectivity index (χ4v) is 3.23. The molecule has 1 heterocycles. The number of benzene rings is 2. The molecule has 1 saturated heterocycles. The van der Waals surface area contributed by atoms with Crippen molar-refractivity contribution in [3.8, 4) is 5.75 Å². The number of ether oxygens (including phenoxy) is 1. The van der Waals surface area contributed by atoms with Crippen molar-refractivity contribution < 1.29 is 9.53 Å². The summed E-state index contributed by atoms with van der Waals surface area (Å²) in [5.74, 6) is 0.674. The number of para-hydroxylation sites is 2. The Morgan fingerprint density at radius 3 is 2.70 bits per heavy atom. The molecule has 0 radical (unpaired) electrons. The Labute approximate surface area is 137 Å². The minimum Gasteiger partial charge on any atom is -0.495 e. The number of likely N-dealkylation sites (tertiary alicyclic amines) is 1. The molecule has 1 unspecified atom stereocenters. The summed E-state index contributed by atoms with van der Waals surface area (Å²) in [7, 11) is 1.61. The standard InChI is InChI=1S/C19H22N2O2/c1-14-8-3-4-9-15(14)17-11-7-13-21(17)19(22)20-16-10-5-6-12-18(16)23-2/h3-6,8-10,12,17H,7,11,13H2,1-2H3,(H,20,22). The number of rotatable bonds is 3. The third kappa shape index (κ3) is 3.16. The molecule has 120 valence electrons. The van der Waals surface area contributed by atoms with Gasteiger partial charge < -0.3 is 15.0 Å². The number of methoxy groups -OCH3 is 1. The molecule has 1 atom stereocenters. The van der Waals surface area contributed by atoms with E-state index in [4.69, 9.17) is 4.74 Å². The van der Waals surface area contributed by atoms with Gasteiger partial charge in [0.1, 0.15) is 5.75 Å². The van der Waals surface area contributed by atoms with E-state index in [9.17, 15) is 4.79 Å². The molecule has 4 nitrogen and oxygen atoms in total. The van der Waals surface area contributed by atoms with Gasteiger partial charge in [-0.05, 0) is 43.0 Å². The average Bonchev–Trinajstić information content (AvgIpc) is 3.05. The van der Waals surface area contributed by atoms with Gasteiger partial charge in [0.2, 0.25) is 0 Å². The van der Waals surface area contributed by atoms with Crippen LogP contribution in [0.15, 0.2) is 48.5 Å². The molecule has 2 aromatic carbocycles. The second kappa shape index (κ2) is 6.73. The largest absolute Gasteiger partial charge is 0.495 e. The minimum atomic E-state index is -0.0692. The quantitative estimate of drug-likeness (QED) is 0.914. The summed E-state index contributed by atoms with van der Waals surface area (Å²) >= 11 is 0. The topological polar surface area (TPSA) is 41.6 Å². The maximum absolute atomic E-state index is 12.7. The highest BCUT2D eigenvalue weighted by atomic mass is 16.5. The van der Waals surface area contributed by atoms with Crippen molar-refractivity contribution in [3.63, 3.8) is 0 Å². The zero-order valence-corrected chi connectivity index (χ0v) is 13.6. The van der Waals surface area contributed by atoms with Crippen molar-refractivity contribution in [2.45, 2.75) is 25.8 Å². The lowest BCUT2D eigenvalue weighted by molar-refractivity contribution is 0.207. The second-order valence-corrected chi connectivity index (χ2v) is 5.84. The first-order chi connectivity index (χ1) is 11.2. The normalized spacial score (nSPS) is 17.1. The van der Waals surface area contributed by atoms with Gasteiger partial charge in [-0.1, -0.05) is 36.4 Å². The van der Waals surface area contributed by atoms with Gasteiger partial charge >= 0.3 is 6.03 Å². The summed E-state index contributed by atoms with van der Waals surface area (Å²) in [6.07, 6.45) is 2.03. The highest BCUT2D eigenvalue weighted by Crippen LogP contribution is 2.34. The Kier molecular flexibility index (Phi) is 4.51. The van der Waals surface area contributed by atoms with Crippen molar-refractivity contribution >= 4 is 11.7 Å². The van der Waals surface area contributed by atoms with Crippen LogP contribution in [0.3, 0.4) is 0 Å². The third-order valence-electron chi connectivity index (χ3n) is 4.41. The molecule has 3 rings (SSSR count). The number of aryl methyl sites for hydroxylation is 1. The van der Waals surface area contributed by atoms with Crippen molar-refractivity contribution in [3.05, 3.63) is 59.7 Å². The number of nitrogens with one attached hydrogen (secondary N) is 1. The molecule has 1 aliphatic heterocycles. The first kappa shape index (κ1) is 15.4. The third-order valence-corrected chi connectivity index (χ3v) is 4.41. The molecule has 0 saturated carbocycles. The number of anilines is 1. The lowest BCUT2D eigenvalue weighted by Crippen LogP contribution is -2.34. The molecular formula is C19H22N2O2. The molecule has 1 N–H and O–H groups in total. The Morgan fingerprint density at radius 1 is 1.17 bits per heavy atom. The molecule has 0 aliphatic carbocycles. The van der Waals surface area contributed by atoms with E-state index < -0.39 is 0 Å². The molecule has 2 aromatic rings. The molecule has 1 aliphatic rings. The van der Waals surface area contributed by atoms with E-state index in [1.54, 1.807) is 7.11 Å². The Morgan fingerprint density at radius 2 is 1.91 bits per heavy atom. The number of amides is 2. The van der Waals surface area contributed by atoms with Crippen LogP contribution in [0.1, 0.15) is 30.0 Å². The van der Waals surface area contributed by atoms with Crippen LogP contribution in [0.4, 0.5) is 10.5 Å². The summed E-state index contributed by atoms with van der Waals surface area (Å²) in [5, 5.41) is 2.98. The van der Waals surface area contributed by atoms with Crippen LogP contribution in [-0.4, -0.2) is 24.6 Å². The highest BCUT2D eigenvalue weighted by Gasteiger charge is 2.31. The maximum Gasteiger partial charge on any atom is 0.322 e. The zero-order valence-electron chi connectivity index (χ0n) is 13.6. The van der Waals surface area contributed by atoms with Gasteiger partial charge in [-0.3, -0.25) is 0 Å². The van der Waals surface area contributed by atoms with E-state index in [1.165, 1.54) is 11.1 Å². The maximum atomic E-state index is 12.7. The number of carbonyl (C=O) groups is 1. The number of hydrogen-bond donors (Lipinski definition) is 1. The Bertz CT molecular complexity index is 699. The molecule has 0 bridgehead atoms. The number of urea groups is 1. The summed E-state index contributed by atoms with van der Waals surface area (Å²) in [5.41, 5.74) is 3.17. The van der Waals surface area contributed by atoms with Crippen molar-refractivity contribution in [1.29, 1.82) is 0 Å². The highest BCUT2D eigenvalue weighted by molar-refractivity contribution is 5.91. The SMILES string of the molecule is COc1ccccc1NC(=O)N1CCCC1c1ccccc1C. The van der Waals surface area contributed by atoms with Crippen LogP contribution in [-0.2, 0) is 0 Å². The Balaban J connectivity index is 1.80. The molecule has 0 aromatic heterocycles. The summed E-state index contributed by atoms with van der Waals surface area (Å²) < 4.78 is 5.31. The van der Waals surface area contributed by atoms with Gasteiger partial charge in [-0.25, -0.2) is 4.79 Å². The lowest BCUT2D eigenvalue weighted by atomic mass is 9.99. The molecule has 2 amide bonds. The predicted octanol–water partition coefficient (Wildman–Crippen LogP) is 4.37. The smallest absolute Gasteiger partial charge is 0.322 e. The van der Waals surface area contributed by atoms with Gasteiger partial charge in [0, 0.05) is 6.54 Å². The summed E-state index contributed by atoms with van der Waals surface area (Å²) in [6.45, 7) is 2.88. The van der Waals surface area contributed by atoms with Gasteiger partial charge in [-0.15, -0.1) is 0 Å². The number of nitrogens with zero attached hydrogens (tertiary/aromatic N) is 1. The van der Waals surface area contributed by atoms with Gasteiger partial charge in [0.15, 0.2) is 0 Å². The summed E-state index contributed by atoms with van der Waals surface area (Å²) in [4.78, 5) is 14.7. The molecule has 1 fully saturated rings. The first-order valence-electron chi connectivity index (χ1n) is 7.97. The predicted molar refractivity (Wildman–Crippen MR) is 91.9 cm³/mol. The van der Waals surface area contributed by atoms with Crippen LogP contribution >= 0.6 is 0 Å². The molecule has 4 heteroatoms. The Hall–Kier alpha value is -2.49. The van der Waals surface area contributed by atoms with Gasteiger partial charge in [-0.2, -0.15) is 0 Å². The van der Waals surface area contributed by atoms with Crippen LogP contribution in [0.25, 0.3) is 0 Å². The molecular weight excluding hydrogens is 288 g/mol. The van der Waals surface area contributed by atoms with E-state index in [0.29, 0.717) is 11.4 Å². The van der Waals surface area contributed by atoms with Crippen LogP contribution in [0.2, 0.25) is 0 Å². The number of carbonyl (C=O) groups excluding carboxylic acids is 1. The average molecular weight is 310 g/mol.